The zero-order chi connectivity index (χ0) is 22.2. The van der Waals surface area contributed by atoms with Gasteiger partial charge >= 0.3 is 19.4 Å². The van der Waals surface area contributed by atoms with E-state index in [4.69, 9.17) is 35.2 Å². The largest absolute Gasteiger partial charge is 0.475 e. The van der Waals surface area contributed by atoms with E-state index in [9.17, 15) is 9.36 Å². The third-order valence-electron chi connectivity index (χ3n) is 4.70. The predicted molar refractivity (Wildman–Crippen MR) is 109 cm³/mol. The molecule has 3 fully saturated rings. The summed E-state index contributed by atoms with van der Waals surface area (Å²) in [6.45, 7) is -0.458. The second-order valence-electron chi connectivity index (χ2n) is 6.78. The number of alkyl halides is 2. The molecule has 170 valence electrons. The number of hydrogen-bond donors (Lipinski definition) is 1. The van der Waals surface area contributed by atoms with Crippen LogP contribution < -0.4 is 11.4 Å². The van der Waals surface area contributed by atoms with E-state index in [2.05, 4.69) is 10.9 Å². The number of phosphoric acid groups is 1. The van der Waals surface area contributed by atoms with E-state index in [0.717, 1.165) is 6.20 Å². The minimum atomic E-state index is -4.38. The molecule has 0 aromatic carbocycles. The number of rotatable bonds is 5. The zero-order valence-corrected chi connectivity index (χ0v) is 18.3. The summed E-state index contributed by atoms with van der Waals surface area (Å²) in [4.78, 5) is 15.4. The lowest BCUT2D eigenvalue weighted by Gasteiger charge is -2.36. The lowest BCUT2D eigenvalue weighted by molar-refractivity contribution is -0.140. The van der Waals surface area contributed by atoms with Crippen LogP contribution in [-0.4, -0.2) is 64.6 Å². The van der Waals surface area contributed by atoms with Gasteiger partial charge < -0.3 is 15.2 Å². The van der Waals surface area contributed by atoms with Gasteiger partial charge in [-0.25, -0.2) is 9.36 Å². The second kappa shape index (κ2) is 8.99. The van der Waals surface area contributed by atoms with E-state index in [-0.39, 0.29) is 12.4 Å². The van der Waals surface area contributed by atoms with Crippen LogP contribution >= 0.6 is 29.4 Å². The molecular weight excluding hydrogens is 479 g/mol. The number of anilines is 1. The van der Waals surface area contributed by atoms with Crippen LogP contribution in [-0.2, 0) is 27.6 Å². The van der Waals surface area contributed by atoms with Crippen molar-refractivity contribution >= 4 is 35.2 Å². The number of ether oxygens (including phenoxy) is 2. The number of nitrogens with two attached hydrogens (primary N) is 1. The maximum Gasteiger partial charge on any atom is 0.475 e. The first-order chi connectivity index (χ1) is 14.7. The van der Waals surface area contributed by atoms with Crippen LogP contribution in [0.15, 0.2) is 17.1 Å². The summed E-state index contributed by atoms with van der Waals surface area (Å²) >= 11 is 0. The van der Waals surface area contributed by atoms with Gasteiger partial charge in [0.1, 0.15) is 24.6 Å². The van der Waals surface area contributed by atoms with E-state index in [1.807, 2.05) is 0 Å². The van der Waals surface area contributed by atoms with Gasteiger partial charge in [0.05, 0.1) is 12.7 Å². The summed E-state index contributed by atoms with van der Waals surface area (Å²) in [6, 6.07) is 1.18. The third-order valence-corrected chi connectivity index (χ3v) is 8.59. The second-order valence-corrected chi connectivity index (χ2v) is 10.9. The Hall–Kier alpha value is -1.17. The van der Waals surface area contributed by atoms with Crippen molar-refractivity contribution in [2.75, 3.05) is 30.5 Å². The molecule has 15 heteroatoms. The molecule has 0 spiro atoms. The Balaban J connectivity index is 1.51. The van der Waals surface area contributed by atoms with Gasteiger partial charge in [-0.15, -0.1) is 6.42 Å². The Labute approximate surface area is 183 Å². The fraction of sp³-hybridized carbons (Fsp3) is 0.625. The highest BCUT2D eigenvalue weighted by molar-refractivity contribution is 8.76. The molecular formula is C16H18F2N3O7PS2. The van der Waals surface area contributed by atoms with Crippen molar-refractivity contribution in [3.63, 3.8) is 0 Å². The van der Waals surface area contributed by atoms with Crippen LogP contribution in [0.1, 0.15) is 6.23 Å². The Kier molecular flexibility index (Phi) is 6.67. The Morgan fingerprint density at radius 3 is 2.87 bits per heavy atom. The minimum Gasteiger partial charge on any atom is -0.383 e. The Morgan fingerprint density at radius 1 is 1.42 bits per heavy atom. The lowest BCUT2D eigenvalue weighted by atomic mass is 10.1. The highest BCUT2D eigenvalue weighted by Crippen LogP contribution is 2.61. The SMILES string of the molecule is C#CCO[C@H]1CSSC[C@@H]1OP1(=O)OC[C@H]2O[C@@H](n3ccc(N)nc3=O)C(F)(F)[C@@H]2O1. The van der Waals surface area contributed by atoms with Crippen LogP contribution in [0, 0.1) is 12.3 Å². The van der Waals surface area contributed by atoms with Gasteiger partial charge in [-0.2, -0.15) is 13.8 Å². The van der Waals surface area contributed by atoms with Crippen molar-refractivity contribution in [2.45, 2.75) is 36.6 Å². The maximum absolute atomic E-state index is 15.1. The molecule has 0 saturated carbocycles. The van der Waals surface area contributed by atoms with Crippen LogP contribution in [0.5, 0.6) is 0 Å². The number of aromatic nitrogens is 2. The van der Waals surface area contributed by atoms with Gasteiger partial charge in [-0.05, 0) is 6.07 Å². The minimum absolute atomic E-state index is 0.0183. The Morgan fingerprint density at radius 2 is 2.16 bits per heavy atom. The van der Waals surface area contributed by atoms with Gasteiger partial charge in [0, 0.05) is 17.7 Å². The number of fused-ring (bicyclic) bond motifs is 1. The van der Waals surface area contributed by atoms with Crippen molar-refractivity contribution < 1.29 is 36.4 Å². The maximum atomic E-state index is 15.1. The molecule has 10 nitrogen and oxygen atoms in total. The normalized spacial score (nSPS) is 37.1. The summed E-state index contributed by atoms with van der Waals surface area (Å²) < 4.78 is 70.5. The smallest absolute Gasteiger partial charge is 0.383 e. The van der Waals surface area contributed by atoms with E-state index >= 15 is 8.78 Å². The standard InChI is InChI=1S/C16H18F2N3O7PS2/c1-2-5-24-10-7-30-31-8-11(10)27-29(23)25-6-9-13(28-29)16(17,18)14(26-9)21-4-3-12(19)20-15(21)22/h1,3-4,9-11,13-14H,5-8H2,(H2,19,20,22)/t9-,10+,11+,13-,14-,29?/m1/s1. The summed E-state index contributed by atoms with van der Waals surface area (Å²) in [6.07, 6.45) is -0.273. The van der Waals surface area contributed by atoms with Gasteiger partial charge in [-0.1, -0.05) is 27.5 Å². The quantitative estimate of drug-likeness (QED) is 0.363. The molecule has 0 aliphatic carbocycles. The Bertz CT molecular complexity index is 977. The number of nitrogens with zero attached hydrogens (tertiary/aromatic N) is 2. The summed E-state index contributed by atoms with van der Waals surface area (Å²) in [5, 5.41) is 0. The van der Waals surface area contributed by atoms with Gasteiger partial charge in [0.15, 0.2) is 6.10 Å². The molecule has 6 atom stereocenters. The van der Waals surface area contributed by atoms with Crippen molar-refractivity contribution in [3.8, 4) is 12.3 Å². The molecule has 0 amide bonds. The first-order valence-electron chi connectivity index (χ1n) is 9.02. The van der Waals surface area contributed by atoms with E-state index in [1.165, 1.54) is 27.7 Å². The monoisotopic (exact) mass is 497 g/mol. The predicted octanol–water partition coefficient (Wildman–Crippen LogP) is 1.68. The average molecular weight is 497 g/mol. The number of halogens is 2. The molecule has 4 heterocycles. The van der Waals surface area contributed by atoms with Crippen LogP contribution in [0.25, 0.3) is 0 Å². The molecule has 1 aromatic heterocycles. The molecule has 31 heavy (non-hydrogen) atoms. The number of phosphoric ester groups is 1. The molecule has 2 N–H and O–H groups in total. The third kappa shape index (κ3) is 4.65. The van der Waals surface area contributed by atoms with Gasteiger partial charge in [-0.3, -0.25) is 18.1 Å². The number of terminal acetylenes is 1. The first kappa shape index (κ1) is 23.0. The molecule has 0 radical (unpaired) electrons. The molecule has 0 bridgehead atoms. The van der Waals surface area contributed by atoms with Crippen molar-refractivity contribution in [1.82, 2.24) is 9.55 Å². The zero-order valence-electron chi connectivity index (χ0n) is 15.8. The fourth-order valence-corrected chi connectivity index (χ4v) is 7.38. The first-order valence-corrected chi connectivity index (χ1v) is 13.0. The average Bonchev–Trinajstić information content (AvgIpc) is 2.97. The van der Waals surface area contributed by atoms with Crippen molar-refractivity contribution in [1.29, 1.82) is 0 Å². The molecule has 1 unspecified atom stereocenters. The molecule has 1 aromatic rings. The van der Waals surface area contributed by atoms with E-state index < -0.39 is 56.7 Å². The van der Waals surface area contributed by atoms with Crippen molar-refractivity contribution in [2.24, 2.45) is 0 Å². The van der Waals surface area contributed by atoms with E-state index in [0.29, 0.717) is 16.1 Å². The highest BCUT2D eigenvalue weighted by Gasteiger charge is 2.65. The van der Waals surface area contributed by atoms with Crippen LogP contribution in [0.2, 0.25) is 0 Å². The van der Waals surface area contributed by atoms with Gasteiger partial charge in [0.25, 0.3) is 0 Å². The summed E-state index contributed by atoms with van der Waals surface area (Å²) in [7, 11) is -1.41. The topological polar surface area (TPSA) is 124 Å². The van der Waals surface area contributed by atoms with Crippen LogP contribution in [0.3, 0.4) is 0 Å². The van der Waals surface area contributed by atoms with E-state index in [1.54, 1.807) is 0 Å². The lowest BCUT2D eigenvalue weighted by Crippen LogP contribution is -2.46. The summed E-state index contributed by atoms with van der Waals surface area (Å²) in [5.41, 5.74) is 4.38. The molecule has 3 aliphatic heterocycles. The van der Waals surface area contributed by atoms with Gasteiger partial charge in [0.2, 0.25) is 6.23 Å². The number of nitrogen functional groups attached to an aromatic ring is 1. The summed E-state index contributed by atoms with van der Waals surface area (Å²) in [5.74, 6) is -0.652. The van der Waals surface area contributed by atoms with Crippen molar-refractivity contribution in [3.05, 3.63) is 22.7 Å². The molecule has 3 saturated heterocycles. The molecule has 4 rings (SSSR count). The molecule has 3 aliphatic rings. The fourth-order valence-electron chi connectivity index (χ4n) is 3.25. The number of hydrogen-bond acceptors (Lipinski definition) is 11. The highest BCUT2D eigenvalue weighted by atomic mass is 33.1. The van der Waals surface area contributed by atoms with Crippen LogP contribution in [0.4, 0.5) is 14.6 Å².